The van der Waals surface area contributed by atoms with Crippen LogP contribution in [0.2, 0.25) is 25.7 Å². The molecular formula is C64H78Br4ClN3O6Si. The quantitative estimate of drug-likeness (QED) is 0.0380. The number of ether oxygens (including phenoxy) is 2. The number of benzene rings is 5. The van der Waals surface area contributed by atoms with Crippen LogP contribution in [0, 0.1) is 0 Å². The van der Waals surface area contributed by atoms with E-state index in [2.05, 4.69) is 146 Å². The molecular weight excluding hydrogens is 1290 g/mol. The molecule has 1 aliphatic rings. The van der Waals surface area contributed by atoms with Crippen molar-refractivity contribution < 1.29 is 29.9 Å². The van der Waals surface area contributed by atoms with Gasteiger partial charge in [0.15, 0.2) is 5.65 Å². The Bertz CT molecular complexity index is 2990. The molecule has 9 nitrogen and oxygen atoms in total. The summed E-state index contributed by atoms with van der Waals surface area (Å²) in [6.07, 6.45) is 13.0. The standard InChI is InChI=1S/C29H37N3O4Si.C10H13BrO2.C10H13Br.C8H9Br.C7H6BrCl/c1-6-25(33)28(34)21-11-9-10-20(16-21)22-17-24-27(23-12-7-8-13-26(23)35-2)31-32(29(24)30-18-22)19-36-14-15-37(3,4)5;1-2-9(12)10(13)7-4-3-5-8(11)6-7;1-2-3-5-9-6-4-7-10(11)8-9;1-2-7-4-3-5-8(9)6-7;8-7-3-1-2-6(4-7)5-9/h7-13,16-18,25,28,33-34H,6,14-15,19H2,1-5H3;3-6,9-10,12-13H,2H2,1H3;4-5,7-8H,2-3,6H2,1H3;3-6H,2H2,1H3;1-4H,5H2/b;;9-5-;;/t25-,28-;9-,10-;;;/m00.../s1. The highest BCUT2D eigenvalue weighted by atomic mass is 79.9. The predicted octanol–water partition coefficient (Wildman–Crippen LogP) is 18.3. The zero-order valence-electron chi connectivity index (χ0n) is 46.7. The van der Waals surface area contributed by atoms with Crippen LogP contribution in [0.3, 0.4) is 0 Å². The molecule has 2 heterocycles. The van der Waals surface area contributed by atoms with Crippen molar-refractivity contribution in [2.24, 2.45) is 0 Å². The summed E-state index contributed by atoms with van der Waals surface area (Å²) in [6.45, 7) is 16.1. The molecule has 5 aromatic carbocycles. The van der Waals surface area contributed by atoms with Crippen molar-refractivity contribution in [2.45, 2.75) is 129 Å². The summed E-state index contributed by atoms with van der Waals surface area (Å²) in [5, 5.41) is 45.5. The molecule has 0 amide bonds. The number of nitrogens with zero attached hydrogens (tertiary/aromatic N) is 3. The number of aryl methyl sites for hydroxylation is 1. The monoisotopic (exact) mass is 1360 g/mol. The Morgan fingerprint density at radius 2 is 1.30 bits per heavy atom. The van der Waals surface area contributed by atoms with Crippen LogP contribution in [0.25, 0.3) is 33.4 Å². The zero-order valence-corrected chi connectivity index (χ0v) is 54.8. The average molecular weight is 1370 g/mol. The normalized spacial score (nSPS) is 13.9. The van der Waals surface area contributed by atoms with E-state index in [1.165, 1.54) is 32.9 Å². The van der Waals surface area contributed by atoms with E-state index in [1.54, 1.807) is 13.2 Å². The first-order valence-electron chi connectivity index (χ1n) is 26.8. The van der Waals surface area contributed by atoms with Crippen molar-refractivity contribution in [2.75, 3.05) is 13.7 Å². The second kappa shape index (κ2) is 35.7. The third-order valence-electron chi connectivity index (χ3n) is 12.5. The maximum absolute atomic E-state index is 10.5. The number of aromatic nitrogens is 3. The second-order valence-corrected chi connectivity index (χ2v) is 29.5. The average Bonchev–Trinajstić information content (AvgIpc) is 3.91. The molecule has 0 bridgehead atoms. The van der Waals surface area contributed by atoms with E-state index in [9.17, 15) is 20.4 Å². The first kappa shape index (κ1) is 67.5. The van der Waals surface area contributed by atoms with Gasteiger partial charge in [0.25, 0.3) is 0 Å². The van der Waals surface area contributed by atoms with E-state index >= 15 is 0 Å². The molecule has 8 rings (SSSR count). The number of para-hydroxylation sites is 1. The molecule has 4 N–H and O–H groups in total. The number of hydrogen-bond donors (Lipinski definition) is 4. The van der Waals surface area contributed by atoms with E-state index in [0.717, 1.165) is 78.1 Å². The Kier molecular flexibility index (Phi) is 30.5. The largest absolute Gasteiger partial charge is 0.496 e. The number of unbranched alkanes of at least 4 members (excludes halogenated alkanes) is 1. The lowest BCUT2D eigenvalue weighted by Gasteiger charge is -2.17. The van der Waals surface area contributed by atoms with E-state index in [-0.39, 0.29) is 0 Å². The van der Waals surface area contributed by atoms with E-state index in [4.69, 9.17) is 31.2 Å². The van der Waals surface area contributed by atoms with Crippen LogP contribution in [0.4, 0.5) is 0 Å². The van der Waals surface area contributed by atoms with Gasteiger partial charge in [0.05, 0.1) is 19.3 Å². The molecule has 4 atom stereocenters. The number of fused-ring (bicyclic) bond motifs is 1. The highest BCUT2D eigenvalue weighted by Gasteiger charge is 2.21. The van der Waals surface area contributed by atoms with Crippen LogP contribution in [-0.4, -0.2) is 69.2 Å². The van der Waals surface area contributed by atoms with Crippen molar-refractivity contribution in [3.8, 4) is 28.1 Å². The molecule has 0 aliphatic heterocycles. The fourth-order valence-electron chi connectivity index (χ4n) is 7.80. The van der Waals surface area contributed by atoms with Gasteiger partial charge in [0.1, 0.15) is 30.4 Å². The maximum atomic E-state index is 10.5. The van der Waals surface area contributed by atoms with E-state index in [0.29, 0.717) is 37.6 Å². The topological polar surface area (TPSA) is 130 Å². The summed E-state index contributed by atoms with van der Waals surface area (Å²) in [6, 6.07) is 42.2. The van der Waals surface area contributed by atoms with Crippen LogP contribution in [-0.2, 0) is 23.8 Å². The Labute approximate surface area is 509 Å². The number of alkyl halides is 1. The fourth-order valence-corrected chi connectivity index (χ4v) is 10.5. The number of rotatable bonds is 18. The summed E-state index contributed by atoms with van der Waals surface area (Å²) >= 11 is 19.1. The number of halogens is 5. The lowest BCUT2D eigenvalue weighted by molar-refractivity contribution is 0.0164. The highest BCUT2D eigenvalue weighted by molar-refractivity contribution is 9.12. The molecule has 0 saturated heterocycles. The molecule has 0 unspecified atom stereocenters. The smallest absolute Gasteiger partial charge is 0.160 e. The van der Waals surface area contributed by atoms with E-state index < -0.39 is 32.5 Å². The van der Waals surface area contributed by atoms with Gasteiger partial charge >= 0.3 is 0 Å². The van der Waals surface area contributed by atoms with Gasteiger partial charge in [0, 0.05) is 61.2 Å². The third kappa shape index (κ3) is 23.4. The zero-order chi connectivity index (χ0) is 57.9. The lowest BCUT2D eigenvalue weighted by Crippen LogP contribution is -2.22. The molecule has 1 aliphatic carbocycles. The molecule has 7 aromatic rings. The Morgan fingerprint density at radius 1 is 0.709 bits per heavy atom. The first-order chi connectivity index (χ1) is 37.8. The van der Waals surface area contributed by atoms with Gasteiger partial charge in [-0.15, -0.1) is 11.6 Å². The summed E-state index contributed by atoms with van der Waals surface area (Å²) in [7, 11) is 0.459. The number of methoxy groups -OCH3 is 1. The molecule has 15 heteroatoms. The molecule has 424 valence electrons. The van der Waals surface area contributed by atoms with Crippen LogP contribution in [0.15, 0.2) is 181 Å². The third-order valence-corrected chi connectivity index (χ3v) is 16.5. The van der Waals surface area contributed by atoms with Crippen LogP contribution >= 0.6 is 75.3 Å². The number of aliphatic hydroxyl groups is 4. The summed E-state index contributed by atoms with van der Waals surface area (Å²) < 4.78 is 17.8. The van der Waals surface area contributed by atoms with Crippen molar-refractivity contribution >= 4 is 94.4 Å². The van der Waals surface area contributed by atoms with Gasteiger partial charge in [-0.3, -0.25) is 0 Å². The number of allylic oxidation sites excluding steroid dienone is 6. The maximum Gasteiger partial charge on any atom is 0.160 e. The number of aliphatic hydroxyl groups excluding tert-OH is 4. The van der Waals surface area contributed by atoms with Crippen LogP contribution in [0.5, 0.6) is 5.75 Å². The molecule has 2 aromatic heterocycles. The van der Waals surface area contributed by atoms with Crippen LogP contribution in [0.1, 0.15) is 94.3 Å². The molecule has 79 heavy (non-hydrogen) atoms. The van der Waals surface area contributed by atoms with E-state index in [1.807, 2.05) is 122 Å². The molecule has 0 fully saturated rings. The molecule has 0 saturated carbocycles. The second-order valence-electron chi connectivity index (χ2n) is 20.0. The summed E-state index contributed by atoms with van der Waals surface area (Å²) in [5.74, 6) is 1.32. The van der Waals surface area contributed by atoms with Crippen molar-refractivity contribution in [3.05, 3.63) is 204 Å². The minimum absolute atomic E-state index is 0.319. The van der Waals surface area contributed by atoms with Gasteiger partial charge < -0.3 is 29.9 Å². The molecule has 0 spiro atoms. The van der Waals surface area contributed by atoms with Gasteiger partial charge in [0.2, 0.25) is 0 Å². The number of pyridine rings is 1. The Balaban J connectivity index is 0.000000257. The SMILES string of the molecule is CCC/C=C1\C=C(Br)C=CC1.CC[C@H](O)[C@@H](O)c1cccc(-c2cnc3c(c2)c(-c2ccccc2OC)nn3COCC[Si](C)(C)C)c1.CC[C@H](O)[C@@H](O)c1cccc(Br)c1.CCc1cccc(Br)c1.ClCc1cccc(Br)c1. The van der Waals surface area contributed by atoms with Crippen LogP contribution < -0.4 is 4.74 Å². The van der Waals surface area contributed by atoms with Gasteiger partial charge in [-0.1, -0.05) is 202 Å². The summed E-state index contributed by atoms with van der Waals surface area (Å²) in [4.78, 5) is 4.79. The molecule has 0 radical (unpaired) electrons. The Morgan fingerprint density at radius 3 is 1.85 bits per heavy atom. The van der Waals surface area contributed by atoms with Gasteiger partial charge in [-0.05, 0) is 138 Å². The number of hydrogen-bond acceptors (Lipinski definition) is 8. The van der Waals surface area contributed by atoms with Gasteiger partial charge in [-0.25, -0.2) is 9.67 Å². The van der Waals surface area contributed by atoms with Crippen molar-refractivity contribution in [1.82, 2.24) is 14.8 Å². The minimum Gasteiger partial charge on any atom is -0.496 e. The minimum atomic E-state index is -1.20. The predicted molar refractivity (Wildman–Crippen MR) is 347 cm³/mol. The van der Waals surface area contributed by atoms with Gasteiger partial charge in [-0.2, -0.15) is 5.10 Å². The lowest BCUT2D eigenvalue weighted by atomic mass is 9.97. The highest BCUT2D eigenvalue weighted by Crippen LogP contribution is 2.36. The first-order valence-corrected chi connectivity index (χ1v) is 34.2. The fraction of sp³-hybridized carbons (Fsp3) is 0.344. The Hall–Kier alpha value is -4.03. The summed E-state index contributed by atoms with van der Waals surface area (Å²) in [5.41, 5.74) is 9.54. The van der Waals surface area contributed by atoms with Crippen molar-refractivity contribution in [3.63, 3.8) is 0 Å². The van der Waals surface area contributed by atoms with Crippen molar-refractivity contribution in [1.29, 1.82) is 0 Å².